The van der Waals surface area contributed by atoms with Crippen LogP contribution in [0, 0.1) is 0 Å². The van der Waals surface area contributed by atoms with E-state index < -0.39 is 0 Å². The Morgan fingerprint density at radius 2 is 2.40 bits per heavy atom. The molecule has 2 unspecified atom stereocenters. The summed E-state index contributed by atoms with van der Waals surface area (Å²) in [5.74, 6) is 1.71. The summed E-state index contributed by atoms with van der Waals surface area (Å²) < 4.78 is 6.84. The number of morpholine rings is 1. The molecule has 0 aromatic carbocycles. The van der Waals surface area contributed by atoms with E-state index in [1.165, 1.54) is 19.3 Å². The number of fused-ring (bicyclic) bond motifs is 1. The lowest BCUT2D eigenvalue weighted by Gasteiger charge is -2.38. The van der Waals surface area contributed by atoms with Gasteiger partial charge in [-0.25, -0.2) is 4.98 Å². The van der Waals surface area contributed by atoms with Gasteiger partial charge in [-0.2, -0.15) is 4.98 Å². The van der Waals surface area contributed by atoms with Gasteiger partial charge in [0.2, 0.25) is 5.95 Å². The van der Waals surface area contributed by atoms with Gasteiger partial charge in [-0.1, -0.05) is 6.92 Å². The first-order chi connectivity index (χ1) is 9.79. The minimum absolute atomic E-state index is 0.373. The van der Waals surface area contributed by atoms with E-state index in [1.807, 2.05) is 6.20 Å². The number of aromatic nitrogens is 2. The molecule has 0 amide bonds. The van der Waals surface area contributed by atoms with Crippen LogP contribution < -0.4 is 10.2 Å². The lowest BCUT2D eigenvalue weighted by Crippen LogP contribution is -2.49. The van der Waals surface area contributed by atoms with Gasteiger partial charge in [-0.15, -0.1) is 0 Å². The molecule has 1 saturated carbocycles. The topological polar surface area (TPSA) is 50.3 Å². The van der Waals surface area contributed by atoms with E-state index in [0.29, 0.717) is 18.1 Å². The SMILES string of the molecule is CCCNc1ncc(Br)c(N2CCOC3CCCC32)n1. The summed E-state index contributed by atoms with van der Waals surface area (Å²) in [6.07, 6.45) is 6.90. The third-order valence-electron chi connectivity index (χ3n) is 4.01. The Kier molecular flexibility index (Phi) is 4.41. The molecule has 1 aliphatic heterocycles. The Morgan fingerprint density at radius 3 is 3.25 bits per heavy atom. The molecule has 20 heavy (non-hydrogen) atoms. The van der Waals surface area contributed by atoms with E-state index in [2.05, 4.69) is 38.1 Å². The smallest absolute Gasteiger partial charge is 0.224 e. The average molecular weight is 341 g/mol. The maximum atomic E-state index is 5.87. The Bertz CT molecular complexity index is 470. The van der Waals surface area contributed by atoms with Gasteiger partial charge in [0.25, 0.3) is 0 Å². The van der Waals surface area contributed by atoms with Crippen molar-refractivity contribution in [2.75, 3.05) is 29.9 Å². The van der Waals surface area contributed by atoms with Crippen molar-refractivity contribution < 1.29 is 4.74 Å². The highest BCUT2D eigenvalue weighted by atomic mass is 79.9. The van der Waals surface area contributed by atoms with Crippen LogP contribution in [0.5, 0.6) is 0 Å². The van der Waals surface area contributed by atoms with Crippen molar-refractivity contribution >= 4 is 27.7 Å². The highest BCUT2D eigenvalue weighted by Crippen LogP contribution is 2.35. The largest absolute Gasteiger partial charge is 0.374 e. The summed E-state index contributed by atoms with van der Waals surface area (Å²) in [6, 6.07) is 0.467. The van der Waals surface area contributed by atoms with Crippen LogP contribution >= 0.6 is 15.9 Å². The normalized spacial score (nSPS) is 25.6. The standard InChI is InChI=1S/C14H21BrN4O/c1-2-6-16-14-17-9-10(15)13(18-14)19-7-8-20-12-5-3-4-11(12)19/h9,11-12H,2-8H2,1H3,(H,16,17,18). The first-order valence-electron chi connectivity index (χ1n) is 7.44. The predicted octanol–water partition coefficient (Wildman–Crippen LogP) is 2.82. The van der Waals surface area contributed by atoms with Gasteiger partial charge in [-0.3, -0.25) is 0 Å². The molecule has 5 nitrogen and oxygen atoms in total. The number of rotatable bonds is 4. The van der Waals surface area contributed by atoms with Gasteiger partial charge in [0.05, 0.1) is 23.2 Å². The van der Waals surface area contributed by atoms with Crippen LogP contribution in [0.15, 0.2) is 10.7 Å². The highest BCUT2D eigenvalue weighted by molar-refractivity contribution is 9.10. The van der Waals surface area contributed by atoms with Crippen molar-refractivity contribution in [2.45, 2.75) is 44.8 Å². The van der Waals surface area contributed by atoms with Crippen molar-refractivity contribution in [3.63, 3.8) is 0 Å². The highest BCUT2D eigenvalue weighted by Gasteiger charge is 2.37. The first-order valence-corrected chi connectivity index (χ1v) is 8.23. The predicted molar refractivity (Wildman–Crippen MR) is 83.2 cm³/mol. The molecule has 2 fully saturated rings. The van der Waals surface area contributed by atoms with Crippen molar-refractivity contribution in [3.05, 3.63) is 10.7 Å². The van der Waals surface area contributed by atoms with Crippen LogP contribution in [0.3, 0.4) is 0 Å². The van der Waals surface area contributed by atoms with Crippen LogP contribution in [-0.4, -0.2) is 41.8 Å². The monoisotopic (exact) mass is 340 g/mol. The second-order valence-corrected chi connectivity index (χ2v) is 6.25. The maximum absolute atomic E-state index is 5.87. The van der Waals surface area contributed by atoms with Crippen LogP contribution in [0.25, 0.3) is 0 Å². The molecule has 3 rings (SSSR count). The lowest BCUT2D eigenvalue weighted by atomic mass is 10.1. The van der Waals surface area contributed by atoms with Gasteiger partial charge in [0.1, 0.15) is 5.82 Å². The molecule has 1 aromatic rings. The van der Waals surface area contributed by atoms with Crippen LogP contribution in [0.2, 0.25) is 0 Å². The van der Waals surface area contributed by atoms with E-state index in [1.54, 1.807) is 0 Å². The van der Waals surface area contributed by atoms with Crippen LogP contribution in [0.4, 0.5) is 11.8 Å². The zero-order valence-corrected chi connectivity index (χ0v) is 13.4. The average Bonchev–Trinajstić information content (AvgIpc) is 2.95. The zero-order valence-electron chi connectivity index (χ0n) is 11.8. The fourth-order valence-corrected chi connectivity index (χ4v) is 3.49. The number of halogens is 1. The molecule has 1 N–H and O–H groups in total. The third kappa shape index (κ3) is 2.76. The molecule has 0 bridgehead atoms. The molecule has 2 aliphatic rings. The van der Waals surface area contributed by atoms with E-state index in [4.69, 9.17) is 9.72 Å². The number of nitrogens with one attached hydrogen (secondary N) is 1. The summed E-state index contributed by atoms with van der Waals surface area (Å²) in [5, 5.41) is 3.26. The molecule has 0 spiro atoms. The van der Waals surface area contributed by atoms with E-state index in [-0.39, 0.29) is 0 Å². The molecule has 110 valence electrons. The van der Waals surface area contributed by atoms with Gasteiger partial charge in [0, 0.05) is 19.3 Å². The molecule has 2 atom stereocenters. The first kappa shape index (κ1) is 14.1. The molecule has 0 radical (unpaired) electrons. The van der Waals surface area contributed by atoms with E-state index in [0.717, 1.165) is 36.4 Å². The molecule has 1 aliphatic carbocycles. The van der Waals surface area contributed by atoms with Crippen molar-refractivity contribution in [1.82, 2.24) is 9.97 Å². The fourth-order valence-electron chi connectivity index (χ4n) is 3.07. The van der Waals surface area contributed by atoms with Crippen LogP contribution in [-0.2, 0) is 4.74 Å². The summed E-state index contributed by atoms with van der Waals surface area (Å²) in [6.45, 7) is 4.73. The van der Waals surface area contributed by atoms with E-state index in [9.17, 15) is 0 Å². The Hall–Kier alpha value is -0.880. The van der Waals surface area contributed by atoms with Crippen LogP contribution in [0.1, 0.15) is 32.6 Å². The molecule has 1 aromatic heterocycles. The minimum Gasteiger partial charge on any atom is -0.374 e. The molecular formula is C14H21BrN4O. The Morgan fingerprint density at radius 1 is 1.50 bits per heavy atom. The van der Waals surface area contributed by atoms with E-state index >= 15 is 0 Å². The number of anilines is 2. The van der Waals surface area contributed by atoms with Gasteiger partial charge < -0.3 is 15.0 Å². The lowest BCUT2D eigenvalue weighted by molar-refractivity contribution is 0.0252. The van der Waals surface area contributed by atoms with Crippen molar-refractivity contribution in [3.8, 4) is 0 Å². The summed E-state index contributed by atoms with van der Waals surface area (Å²) in [7, 11) is 0. The van der Waals surface area contributed by atoms with Crippen molar-refractivity contribution in [1.29, 1.82) is 0 Å². The summed E-state index contributed by atoms with van der Waals surface area (Å²) in [5.41, 5.74) is 0. The maximum Gasteiger partial charge on any atom is 0.224 e. The molecule has 6 heteroatoms. The third-order valence-corrected chi connectivity index (χ3v) is 4.57. The summed E-state index contributed by atoms with van der Waals surface area (Å²) >= 11 is 3.60. The quantitative estimate of drug-likeness (QED) is 0.913. The number of hydrogen-bond acceptors (Lipinski definition) is 5. The second kappa shape index (κ2) is 6.26. The number of ether oxygens (including phenoxy) is 1. The number of hydrogen-bond donors (Lipinski definition) is 1. The van der Waals surface area contributed by atoms with Gasteiger partial charge >= 0.3 is 0 Å². The Labute approximate surface area is 128 Å². The zero-order chi connectivity index (χ0) is 13.9. The molecule has 1 saturated heterocycles. The minimum atomic E-state index is 0.373. The Balaban J connectivity index is 1.84. The van der Waals surface area contributed by atoms with Gasteiger partial charge in [-0.05, 0) is 41.6 Å². The second-order valence-electron chi connectivity index (χ2n) is 5.39. The summed E-state index contributed by atoms with van der Waals surface area (Å²) in [4.78, 5) is 11.4. The molecular weight excluding hydrogens is 320 g/mol. The van der Waals surface area contributed by atoms with Crippen molar-refractivity contribution in [2.24, 2.45) is 0 Å². The fraction of sp³-hybridized carbons (Fsp3) is 0.714. The number of nitrogens with zero attached hydrogens (tertiary/aromatic N) is 3. The van der Waals surface area contributed by atoms with Gasteiger partial charge in [0.15, 0.2) is 0 Å². The molecule has 2 heterocycles.